The summed E-state index contributed by atoms with van der Waals surface area (Å²) in [6.07, 6.45) is 4.27. The second kappa shape index (κ2) is 7.56. The van der Waals surface area contributed by atoms with Crippen molar-refractivity contribution in [3.8, 4) is 0 Å². The topological polar surface area (TPSA) is 136 Å². The molecule has 5 N–H and O–H groups in total. The predicted octanol–water partition coefficient (Wildman–Crippen LogP) is -1.04. The van der Waals surface area contributed by atoms with E-state index < -0.39 is 18.2 Å². The third-order valence-electron chi connectivity index (χ3n) is 4.91. The Balaban J connectivity index is 1.59. The molecule has 0 radical (unpaired) electrons. The van der Waals surface area contributed by atoms with E-state index in [0.29, 0.717) is 13.0 Å². The van der Waals surface area contributed by atoms with Crippen LogP contribution in [-0.2, 0) is 4.74 Å². The van der Waals surface area contributed by atoms with Crippen LogP contribution in [0.1, 0.15) is 48.6 Å². The Morgan fingerprint density at radius 2 is 2.12 bits per heavy atom. The Labute approximate surface area is 140 Å². The van der Waals surface area contributed by atoms with Crippen LogP contribution in [0, 0.1) is 0 Å². The number of hydrogen-bond acceptors (Lipinski definition) is 7. The lowest BCUT2D eigenvalue weighted by Gasteiger charge is -2.34. The number of nitrogens with one attached hydrogen (secondary N) is 1. The fraction of sp³-hybridized carbons (Fsp3) is 0.800. The number of carbonyl (C=O) groups is 1. The molecule has 1 amide bonds. The Hall–Kier alpha value is -1.55. The second-order valence-corrected chi connectivity index (χ2v) is 6.60. The minimum Gasteiger partial charge on any atom is -0.394 e. The number of aliphatic hydroxyl groups excluding tert-OH is 2. The summed E-state index contributed by atoms with van der Waals surface area (Å²) in [6.45, 7) is 0.0930. The van der Waals surface area contributed by atoms with Gasteiger partial charge in [-0.05, 0) is 32.1 Å². The maximum absolute atomic E-state index is 12.3. The number of ether oxygens (including phenoxy) is 1. The van der Waals surface area contributed by atoms with Crippen molar-refractivity contribution in [2.45, 2.75) is 62.4 Å². The Morgan fingerprint density at radius 1 is 1.38 bits per heavy atom. The van der Waals surface area contributed by atoms with Gasteiger partial charge in [-0.25, -0.2) is 4.68 Å². The van der Waals surface area contributed by atoms with Crippen LogP contribution < -0.4 is 11.1 Å². The molecule has 0 unspecified atom stereocenters. The largest absolute Gasteiger partial charge is 0.394 e. The highest BCUT2D eigenvalue weighted by Crippen LogP contribution is 2.26. The molecule has 3 atom stereocenters. The summed E-state index contributed by atoms with van der Waals surface area (Å²) in [5, 5.41) is 30.0. The zero-order chi connectivity index (χ0) is 17.1. The van der Waals surface area contributed by atoms with Gasteiger partial charge in [0, 0.05) is 12.6 Å². The summed E-state index contributed by atoms with van der Waals surface area (Å²) in [6, 6.07) is 0.00883. The molecule has 1 saturated carbocycles. The van der Waals surface area contributed by atoms with Crippen molar-refractivity contribution in [1.29, 1.82) is 0 Å². The molecule has 9 heteroatoms. The van der Waals surface area contributed by atoms with E-state index in [1.807, 2.05) is 0 Å². The third-order valence-corrected chi connectivity index (χ3v) is 4.91. The van der Waals surface area contributed by atoms with E-state index in [0.717, 1.165) is 25.7 Å². The van der Waals surface area contributed by atoms with E-state index in [4.69, 9.17) is 15.6 Å². The standard InChI is InChI=1S/C15H25N5O4/c16-9-1-3-10(4-2-9)20-7-12(18-19-20)15(23)17-11-5-6-24-13(8-21)14(11)22/h7,9-11,13-14,21-22H,1-6,8,16H2,(H,17,23)/t9?,10?,11-,13+,14-/m0/s1. The van der Waals surface area contributed by atoms with Crippen molar-refractivity contribution in [3.63, 3.8) is 0 Å². The molecule has 134 valence electrons. The molecule has 0 aromatic carbocycles. The first-order chi connectivity index (χ1) is 11.6. The van der Waals surface area contributed by atoms with E-state index >= 15 is 0 Å². The average molecular weight is 339 g/mol. The van der Waals surface area contributed by atoms with E-state index in [9.17, 15) is 9.90 Å². The molecule has 1 aliphatic carbocycles. The molecule has 2 heterocycles. The molecular formula is C15H25N5O4. The summed E-state index contributed by atoms with van der Waals surface area (Å²) >= 11 is 0. The van der Waals surface area contributed by atoms with Gasteiger partial charge in [0.05, 0.1) is 24.9 Å². The van der Waals surface area contributed by atoms with Crippen LogP contribution in [0.2, 0.25) is 0 Å². The minimum absolute atomic E-state index is 0.226. The summed E-state index contributed by atoms with van der Waals surface area (Å²) < 4.78 is 6.99. The van der Waals surface area contributed by atoms with Crippen LogP contribution >= 0.6 is 0 Å². The molecule has 9 nitrogen and oxygen atoms in total. The monoisotopic (exact) mass is 339 g/mol. The second-order valence-electron chi connectivity index (χ2n) is 6.60. The van der Waals surface area contributed by atoms with Crippen LogP contribution in [0.4, 0.5) is 0 Å². The van der Waals surface area contributed by atoms with Gasteiger partial charge in [-0.1, -0.05) is 5.21 Å². The highest BCUT2D eigenvalue weighted by Gasteiger charge is 2.34. The van der Waals surface area contributed by atoms with Crippen LogP contribution in [0.25, 0.3) is 0 Å². The lowest BCUT2D eigenvalue weighted by atomic mass is 9.92. The summed E-state index contributed by atoms with van der Waals surface area (Å²) in [4.78, 5) is 12.3. The van der Waals surface area contributed by atoms with Crippen molar-refractivity contribution in [2.75, 3.05) is 13.2 Å². The number of aromatic nitrogens is 3. The highest BCUT2D eigenvalue weighted by atomic mass is 16.5. The van der Waals surface area contributed by atoms with E-state index in [1.54, 1.807) is 10.9 Å². The number of amides is 1. The number of carbonyl (C=O) groups excluding carboxylic acids is 1. The number of rotatable bonds is 4. The van der Waals surface area contributed by atoms with Gasteiger partial charge in [-0.15, -0.1) is 5.10 Å². The number of nitrogens with zero attached hydrogens (tertiary/aromatic N) is 3. The van der Waals surface area contributed by atoms with Gasteiger partial charge in [0.25, 0.3) is 5.91 Å². The average Bonchev–Trinajstić information content (AvgIpc) is 3.07. The first-order valence-corrected chi connectivity index (χ1v) is 8.47. The maximum Gasteiger partial charge on any atom is 0.273 e. The molecule has 3 rings (SSSR count). The van der Waals surface area contributed by atoms with Gasteiger partial charge in [-0.2, -0.15) is 0 Å². The molecule has 1 aromatic rings. The minimum atomic E-state index is -0.942. The van der Waals surface area contributed by atoms with Crippen LogP contribution in [0.5, 0.6) is 0 Å². The lowest BCUT2D eigenvalue weighted by Crippen LogP contribution is -2.54. The van der Waals surface area contributed by atoms with Gasteiger partial charge in [0.15, 0.2) is 5.69 Å². The van der Waals surface area contributed by atoms with Crippen molar-refractivity contribution in [3.05, 3.63) is 11.9 Å². The summed E-state index contributed by atoms with van der Waals surface area (Å²) in [5.74, 6) is -0.378. The van der Waals surface area contributed by atoms with Crippen LogP contribution in [-0.4, -0.2) is 68.6 Å². The van der Waals surface area contributed by atoms with Crippen LogP contribution in [0.3, 0.4) is 0 Å². The fourth-order valence-corrected chi connectivity index (χ4v) is 3.36. The lowest BCUT2D eigenvalue weighted by molar-refractivity contribution is -0.107. The number of aliphatic hydroxyl groups is 2. The molecule has 24 heavy (non-hydrogen) atoms. The normalized spacial score (nSPS) is 34.0. The quantitative estimate of drug-likeness (QED) is 0.550. The highest BCUT2D eigenvalue weighted by molar-refractivity contribution is 5.92. The van der Waals surface area contributed by atoms with E-state index in [2.05, 4.69) is 15.6 Å². The van der Waals surface area contributed by atoms with Gasteiger partial charge in [0.1, 0.15) is 12.2 Å². The van der Waals surface area contributed by atoms with Gasteiger partial charge in [-0.3, -0.25) is 4.79 Å². The third kappa shape index (κ3) is 3.75. The van der Waals surface area contributed by atoms with E-state index in [1.165, 1.54) is 0 Å². The molecule has 2 fully saturated rings. The molecule has 1 aliphatic heterocycles. The summed E-state index contributed by atoms with van der Waals surface area (Å²) in [7, 11) is 0. The smallest absolute Gasteiger partial charge is 0.273 e. The Morgan fingerprint density at radius 3 is 2.83 bits per heavy atom. The number of hydrogen-bond donors (Lipinski definition) is 4. The fourth-order valence-electron chi connectivity index (χ4n) is 3.36. The Bertz CT molecular complexity index is 558. The zero-order valence-electron chi connectivity index (χ0n) is 13.5. The van der Waals surface area contributed by atoms with Crippen molar-refractivity contribution in [2.24, 2.45) is 5.73 Å². The first-order valence-electron chi connectivity index (χ1n) is 8.47. The predicted molar refractivity (Wildman–Crippen MR) is 84.2 cm³/mol. The van der Waals surface area contributed by atoms with Crippen LogP contribution in [0.15, 0.2) is 6.20 Å². The van der Waals surface area contributed by atoms with Crippen molar-refractivity contribution in [1.82, 2.24) is 20.3 Å². The molecule has 1 aromatic heterocycles. The van der Waals surface area contributed by atoms with Crippen molar-refractivity contribution >= 4 is 5.91 Å². The SMILES string of the molecule is NC1CCC(n2cc(C(=O)N[C@H]3CCO[C@H](CO)[C@H]3O)nn2)CC1. The number of nitrogens with two attached hydrogens (primary N) is 1. The van der Waals surface area contributed by atoms with Gasteiger partial charge >= 0.3 is 0 Å². The molecule has 0 bridgehead atoms. The molecular weight excluding hydrogens is 314 g/mol. The Kier molecular flexibility index (Phi) is 5.44. The summed E-state index contributed by atoms with van der Waals surface area (Å²) in [5.41, 5.74) is 6.13. The first kappa shape index (κ1) is 17.3. The zero-order valence-corrected chi connectivity index (χ0v) is 13.5. The van der Waals surface area contributed by atoms with Gasteiger partial charge in [0.2, 0.25) is 0 Å². The molecule has 0 spiro atoms. The van der Waals surface area contributed by atoms with E-state index in [-0.39, 0.29) is 30.3 Å². The molecule has 2 aliphatic rings. The maximum atomic E-state index is 12.3. The van der Waals surface area contributed by atoms with Gasteiger partial charge < -0.3 is 26.0 Å². The molecule has 1 saturated heterocycles. The van der Waals surface area contributed by atoms with Crippen molar-refractivity contribution < 1.29 is 19.7 Å².